The fourth-order valence-corrected chi connectivity index (χ4v) is 4.70. The van der Waals surface area contributed by atoms with E-state index >= 15 is 0 Å². The molecule has 0 aliphatic carbocycles. The molecule has 1 amide bonds. The van der Waals surface area contributed by atoms with Gasteiger partial charge in [-0.2, -0.15) is 0 Å². The Morgan fingerprint density at radius 1 is 1.10 bits per heavy atom. The normalized spacial score (nSPS) is 21.3. The lowest BCUT2D eigenvalue weighted by Crippen LogP contribution is -2.45. The van der Waals surface area contributed by atoms with Crippen molar-refractivity contribution in [1.29, 1.82) is 0 Å². The van der Waals surface area contributed by atoms with E-state index in [2.05, 4.69) is 55.8 Å². The maximum atomic E-state index is 11.3. The molecule has 2 aliphatic rings. The van der Waals surface area contributed by atoms with Crippen LogP contribution in [-0.4, -0.2) is 74.0 Å². The maximum Gasteiger partial charge on any atom is 0.220 e. The third-order valence-electron chi connectivity index (χ3n) is 6.64. The van der Waals surface area contributed by atoms with Crippen LogP contribution < -0.4 is 16.4 Å². The summed E-state index contributed by atoms with van der Waals surface area (Å²) in [5, 5.41) is 6.98. The lowest BCUT2D eigenvalue weighted by atomic mass is 9.96. The smallest absolute Gasteiger partial charge is 0.220 e. The standard InChI is InChI=1S/C24H40N6O/c1-26-24(27-13-5-6-14-29-16-11-21(12-17-29)23(25)31)28-18-22-10-7-15-30(22)19-20-8-3-2-4-9-20/h2-4,8-9,21-22H,5-7,10-19H2,1H3,(H2,25,31)(H2,26,27,28). The van der Waals surface area contributed by atoms with Crippen LogP contribution >= 0.6 is 0 Å². The lowest BCUT2D eigenvalue weighted by Gasteiger charge is -2.30. The molecule has 0 saturated carbocycles. The van der Waals surface area contributed by atoms with E-state index in [0.717, 1.165) is 70.9 Å². The van der Waals surface area contributed by atoms with Crippen LogP contribution in [0.3, 0.4) is 0 Å². The van der Waals surface area contributed by atoms with Gasteiger partial charge < -0.3 is 21.3 Å². The number of aliphatic imine (C=N–C) groups is 1. The molecule has 3 rings (SSSR count). The minimum Gasteiger partial charge on any atom is -0.369 e. The van der Waals surface area contributed by atoms with Crippen molar-refractivity contribution in [2.75, 3.05) is 46.3 Å². The third kappa shape index (κ3) is 7.82. The number of carbonyl (C=O) groups is 1. The number of hydrogen-bond acceptors (Lipinski definition) is 4. The Labute approximate surface area is 187 Å². The van der Waals surface area contributed by atoms with E-state index in [9.17, 15) is 4.79 Å². The zero-order chi connectivity index (χ0) is 21.9. The van der Waals surface area contributed by atoms with Gasteiger partial charge in [-0.3, -0.25) is 14.7 Å². The molecule has 0 bridgehead atoms. The van der Waals surface area contributed by atoms with Crippen molar-refractivity contribution < 1.29 is 4.79 Å². The summed E-state index contributed by atoms with van der Waals surface area (Å²) in [6.45, 7) is 7.13. The number of benzene rings is 1. The molecule has 2 fully saturated rings. The van der Waals surface area contributed by atoms with Crippen LogP contribution in [-0.2, 0) is 11.3 Å². The number of primary amides is 1. The Morgan fingerprint density at radius 3 is 2.58 bits per heavy atom. The number of guanidine groups is 1. The summed E-state index contributed by atoms with van der Waals surface area (Å²) < 4.78 is 0. The molecule has 0 aromatic heterocycles. The minimum atomic E-state index is -0.136. The highest BCUT2D eigenvalue weighted by Crippen LogP contribution is 2.19. The van der Waals surface area contributed by atoms with E-state index in [-0.39, 0.29) is 11.8 Å². The Kier molecular flexibility index (Phi) is 9.62. The number of carbonyl (C=O) groups excluding carboxylic acids is 1. The number of piperidine rings is 1. The van der Waals surface area contributed by atoms with Gasteiger partial charge in [-0.1, -0.05) is 30.3 Å². The highest BCUT2D eigenvalue weighted by molar-refractivity contribution is 5.79. The number of amides is 1. The summed E-state index contributed by atoms with van der Waals surface area (Å²) >= 11 is 0. The Balaban J connectivity index is 1.28. The highest BCUT2D eigenvalue weighted by Gasteiger charge is 2.24. The maximum absolute atomic E-state index is 11.3. The van der Waals surface area contributed by atoms with Crippen LogP contribution in [0.15, 0.2) is 35.3 Å². The zero-order valence-electron chi connectivity index (χ0n) is 19.1. The summed E-state index contributed by atoms with van der Waals surface area (Å²) in [6, 6.07) is 11.3. The second-order valence-electron chi connectivity index (χ2n) is 8.86. The molecule has 1 atom stereocenters. The van der Waals surface area contributed by atoms with Crippen molar-refractivity contribution in [2.24, 2.45) is 16.6 Å². The van der Waals surface area contributed by atoms with Crippen LogP contribution in [0.5, 0.6) is 0 Å². The quantitative estimate of drug-likeness (QED) is 0.301. The van der Waals surface area contributed by atoms with Crippen molar-refractivity contribution in [3.8, 4) is 0 Å². The fourth-order valence-electron chi connectivity index (χ4n) is 4.70. The van der Waals surface area contributed by atoms with Gasteiger partial charge in [-0.15, -0.1) is 0 Å². The van der Waals surface area contributed by atoms with Gasteiger partial charge >= 0.3 is 0 Å². The molecule has 7 nitrogen and oxygen atoms in total. The summed E-state index contributed by atoms with van der Waals surface area (Å²) in [7, 11) is 1.84. The molecule has 0 radical (unpaired) electrons. The van der Waals surface area contributed by atoms with Crippen molar-refractivity contribution in [3.05, 3.63) is 35.9 Å². The molecule has 1 aromatic carbocycles. The molecule has 172 valence electrons. The molecular weight excluding hydrogens is 388 g/mol. The van der Waals surface area contributed by atoms with E-state index in [1.54, 1.807) is 0 Å². The molecule has 2 saturated heterocycles. The van der Waals surface area contributed by atoms with Gasteiger partial charge in [0.1, 0.15) is 0 Å². The molecular formula is C24H40N6O. The minimum absolute atomic E-state index is 0.0794. The number of rotatable bonds is 10. The second-order valence-corrected chi connectivity index (χ2v) is 8.86. The van der Waals surface area contributed by atoms with Crippen LogP contribution in [0.25, 0.3) is 0 Å². The zero-order valence-corrected chi connectivity index (χ0v) is 19.1. The third-order valence-corrected chi connectivity index (χ3v) is 6.64. The predicted octanol–water partition coefficient (Wildman–Crippen LogP) is 1.79. The van der Waals surface area contributed by atoms with Crippen LogP contribution in [0.4, 0.5) is 0 Å². The topological polar surface area (TPSA) is 86.0 Å². The summed E-state index contributed by atoms with van der Waals surface area (Å²) in [5.41, 5.74) is 6.80. The van der Waals surface area contributed by atoms with Crippen LogP contribution in [0, 0.1) is 5.92 Å². The van der Waals surface area contributed by atoms with Crippen molar-refractivity contribution >= 4 is 11.9 Å². The fraction of sp³-hybridized carbons (Fsp3) is 0.667. The van der Waals surface area contributed by atoms with Gasteiger partial charge in [0.25, 0.3) is 0 Å². The summed E-state index contributed by atoms with van der Waals surface area (Å²) in [4.78, 5) is 20.7. The van der Waals surface area contributed by atoms with Gasteiger partial charge in [0.15, 0.2) is 5.96 Å². The summed E-state index contributed by atoms with van der Waals surface area (Å²) in [5.74, 6) is 0.841. The van der Waals surface area contributed by atoms with E-state index in [1.807, 2.05) is 7.05 Å². The Bertz CT molecular complexity index is 687. The van der Waals surface area contributed by atoms with Crippen LogP contribution in [0.1, 0.15) is 44.1 Å². The molecule has 7 heteroatoms. The number of hydrogen-bond donors (Lipinski definition) is 3. The molecule has 0 spiro atoms. The number of nitrogens with two attached hydrogens (primary N) is 1. The van der Waals surface area contributed by atoms with Gasteiger partial charge in [-0.25, -0.2) is 0 Å². The largest absolute Gasteiger partial charge is 0.369 e. The molecule has 1 aromatic rings. The first-order valence-electron chi connectivity index (χ1n) is 11.9. The highest BCUT2D eigenvalue weighted by atomic mass is 16.1. The average molecular weight is 429 g/mol. The Hall–Kier alpha value is -2.12. The Morgan fingerprint density at radius 2 is 1.87 bits per heavy atom. The molecule has 4 N–H and O–H groups in total. The van der Waals surface area contributed by atoms with E-state index < -0.39 is 0 Å². The van der Waals surface area contributed by atoms with E-state index in [0.29, 0.717) is 6.04 Å². The second kappa shape index (κ2) is 12.7. The van der Waals surface area contributed by atoms with Crippen molar-refractivity contribution in [1.82, 2.24) is 20.4 Å². The van der Waals surface area contributed by atoms with Crippen molar-refractivity contribution in [2.45, 2.75) is 51.1 Å². The molecule has 2 aliphatic heterocycles. The molecule has 31 heavy (non-hydrogen) atoms. The first kappa shape index (κ1) is 23.5. The van der Waals surface area contributed by atoms with Gasteiger partial charge in [0.05, 0.1) is 0 Å². The number of unbranched alkanes of at least 4 members (excludes halogenated alkanes) is 1. The first-order chi connectivity index (χ1) is 15.2. The summed E-state index contributed by atoms with van der Waals surface area (Å²) in [6.07, 6.45) is 6.59. The number of nitrogens with zero attached hydrogens (tertiary/aromatic N) is 3. The molecule has 1 unspecified atom stereocenters. The van der Waals surface area contributed by atoms with E-state index in [4.69, 9.17) is 5.73 Å². The lowest BCUT2D eigenvalue weighted by molar-refractivity contribution is -0.123. The predicted molar refractivity (Wildman–Crippen MR) is 127 cm³/mol. The number of likely N-dealkylation sites (tertiary alicyclic amines) is 2. The van der Waals surface area contributed by atoms with Crippen molar-refractivity contribution in [3.63, 3.8) is 0 Å². The van der Waals surface area contributed by atoms with Crippen LogP contribution in [0.2, 0.25) is 0 Å². The SMILES string of the molecule is CN=C(NCCCCN1CCC(C(N)=O)CC1)NCC1CCCN1Cc1ccccc1. The molecule has 2 heterocycles. The average Bonchev–Trinajstić information content (AvgIpc) is 3.23. The number of nitrogens with one attached hydrogen (secondary N) is 2. The first-order valence-corrected chi connectivity index (χ1v) is 11.9. The van der Waals surface area contributed by atoms with Gasteiger partial charge in [0, 0.05) is 38.6 Å². The van der Waals surface area contributed by atoms with E-state index in [1.165, 1.54) is 24.9 Å². The monoisotopic (exact) mass is 428 g/mol. The van der Waals surface area contributed by atoms with Gasteiger partial charge in [0.2, 0.25) is 5.91 Å². The van der Waals surface area contributed by atoms with Gasteiger partial charge in [-0.05, 0) is 70.3 Å².